The summed E-state index contributed by atoms with van der Waals surface area (Å²) in [6.45, 7) is 1.72. The third-order valence-corrected chi connectivity index (χ3v) is 4.76. The molecule has 0 saturated carbocycles. The van der Waals surface area contributed by atoms with Crippen molar-refractivity contribution in [1.82, 2.24) is 5.32 Å². The summed E-state index contributed by atoms with van der Waals surface area (Å²) in [7, 11) is 0. The molecular weight excluding hydrogens is 460 g/mol. The molecule has 158 valence electrons. The quantitative estimate of drug-likeness (QED) is 0.320. The SMILES string of the molecule is CCOC(=O)C[C@@H](c1ccc([N+](=O)[O-])cc1)[C@@H](NC(=O)c1cccc(Br)c1)C(=O)O. The number of amides is 1. The van der Waals surface area contributed by atoms with Crippen LogP contribution in [0.4, 0.5) is 5.69 Å². The number of hydrogen-bond acceptors (Lipinski definition) is 6. The Morgan fingerprint density at radius 3 is 2.40 bits per heavy atom. The molecule has 1 amide bonds. The van der Waals surface area contributed by atoms with E-state index in [9.17, 15) is 29.6 Å². The van der Waals surface area contributed by atoms with Crippen LogP contribution in [0.2, 0.25) is 0 Å². The van der Waals surface area contributed by atoms with Crippen molar-refractivity contribution in [3.63, 3.8) is 0 Å². The average Bonchev–Trinajstić information content (AvgIpc) is 2.70. The van der Waals surface area contributed by atoms with Gasteiger partial charge in [-0.15, -0.1) is 0 Å². The van der Waals surface area contributed by atoms with Gasteiger partial charge >= 0.3 is 11.9 Å². The summed E-state index contributed by atoms with van der Waals surface area (Å²) in [5.74, 6) is -3.65. The number of nitro benzene ring substituents is 1. The lowest BCUT2D eigenvalue weighted by Crippen LogP contribution is -2.45. The first-order valence-corrected chi connectivity index (χ1v) is 9.71. The summed E-state index contributed by atoms with van der Waals surface area (Å²) in [6.07, 6.45) is -0.332. The fourth-order valence-corrected chi connectivity index (χ4v) is 3.26. The number of carbonyl (C=O) groups excluding carboxylic acids is 2. The summed E-state index contributed by atoms with van der Waals surface area (Å²) < 4.78 is 5.57. The van der Waals surface area contributed by atoms with E-state index >= 15 is 0 Å². The van der Waals surface area contributed by atoms with Gasteiger partial charge in [-0.3, -0.25) is 19.7 Å². The minimum absolute atomic E-state index is 0.105. The number of carboxylic acids is 1. The predicted octanol–water partition coefficient (Wildman–Crippen LogP) is 3.28. The number of carbonyl (C=O) groups is 3. The molecule has 0 bridgehead atoms. The van der Waals surface area contributed by atoms with Crippen LogP contribution in [0, 0.1) is 10.1 Å². The summed E-state index contributed by atoms with van der Waals surface area (Å²) in [6, 6.07) is 10.1. The molecule has 2 aromatic carbocycles. The van der Waals surface area contributed by atoms with Crippen LogP contribution < -0.4 is 5.32 Å². The molecule has 0 aromatic heterocycles. The van der Waals surface area contributed by atoms with Gasteiger partial charge in [0.15, 0.2) is 0 Å². The smallest absolute Gasteiger partial charge is 0.326 e. The Balaban J connectivity index is 2.38. The van der Waals surface area contributed by atoms with E-state index in [1.54, 1.807) is 19.1 Å². The molecule has 10 heteroatoms. The Labute approximate surface area is 180 Å². The maximum Gasteiger partial charge on any atom is 0.326 e. The van der Waals surface area contributed by atoms with E-state index in [4.69, 9.17) is 4.74 Å². The maximum absolute atomic E-state index is 12.6. The Morgan fingerprint density at radius 2 is 1.87 bits per heavy atom. The molecule has 0 aliphatic rings. The molecule has 2 rings (SSSR count). The predicted molar refractivity (Wildman–Crippen MR) is 110 cm³/mol. The number of aliphatic carboxylic acids is 1. The number of hydrogen-bond donors (Lipinski definition) is 2. The van der Waals surface area contributed by atoms with Crippen molar-refractivity contribution in [2.75, 3.05) is 6.61 Å². The van der Waals surface area contributed by atoms with Crippen LogP contribution in [0.5, 0.6) is 0 Å². The van der Waals surface area contributed by atoms with E-state index in [1.165, 1.54) is 36.4 Å². The van der Waals surface area contributed by atoms with Crippen LogP contribution in [0.3, 0.4) is 0 Å². The molecular formula is C20H19BrN2O7. The Hall–Kier alpha value is -3.27. The van der Waals surface area contributed by atoms with Crippen LogP contribution in [0.1, 0.15) is 35.2 Å². The molecule has 9 nitrogen and oxygen atoms in total. The Morgan fingerprint density at radius 1 is 1.20 bits per heavy atom. The van der Waals surface area contributed by atoms with Crippen LogP contribution in [-0.2, 0) is 14.3 Å². The summed E-state index contributed by atoms with van der Waals surface area (Å²) in [5, 5.41) is 23.1. The average molecular weight is 479 g/mol. The zero-order valence-electron chi connectivity index (χ0n) is 15.9. The number of halogens is 1. The zero-order valence-corrected chi connectivity index (χ0v) is 17.5. The van der Waals surface area contributed by atoms with Gasteiger partial charge in [-0.2, -0.15) is 0 Å². The first-order valence-electron chi connectivity index (χ1n) is 8.92. The molecule has 0 saturated heterocycles. The maximum atomic E-state index is 12.6. The number of nitrogens with zero attached hydrogens (tertiary/aromatic N) is 1. The van der Waals surface area contributed by atoms with Crippen molar-refractivity contribution in [1.29, 1.82) is 0 Å². The van der Waals surface area contributed by atoms with Gasteiger partial charge in [0.1, 0.15) is 6.04 Å². The highest BCUT2D eigenvalue weighted by atomic mass is 79.9. The van der Waals surface area contributed by atoms with Gasteiger partial charge in [0, 0.05) is 28.1 Å². The normalized spacial score (nSPS) is 12.5. The van der Waals surface area contributed by atoms with Gasteiger partial charge in [0.2, 0.25) is 0 Å². The fraction of sp³-hybridized carbons (Fsp3) is 0.250. The van der Waals surface area contributed by atoms with Crippen molar-refractivity contribution in [3.8, 4) is 0 Å². The number of benzene rings is 2. The molecule has 2 aromatic rings. The van der Waals surface area contributed by atoms with Crippen LogP contribution in [0.15, 0.2) is 53.0 Å². The van der Waals surface area contributed by atoms with E-state index in [2.05, 4.69) is 21.2 Å². The molecule has 2 atom stereocenters. The number of non-ortho nitro benzene ring substituents is 1. The number of rotatable bonds is 9. The number of nitrogens with one attached hydrogen (secondary N) is 1. The third kappa shape index (κ3) is 6.11. The first-order chi connectivity index (χ1) is 14.2. The standard InChI is InChI=1S/C20H19BrN2O7/c1-2-30-17(24)11-16(12-6-8-15(9-7-12)23(28)29)18(20(26)27)22-19(25)13-4-3-5-14(21)10-13/h3-10,16,18H,2,11H2,1H3,(H,22,25)(H,26,27)/t16-,18+/m0/s1. The second-order valence-electron chi connectivity index (χ2n) is 6.26. The lowest BCUT2D eigenvalue weighted by atomic mass is 9.88. The topological polar surface area (TPSA) is 136 Å². The Kier molecular flexibility index (Phi) is 8.05. The number of carboxylic acid groups (broad SMARTS) is 1. The summed E-state index contributed by atoms with van der Waals surface area (Å²) in [5.41, 5.74) is 0.392. The monoisotopic (exact) mass is 478 g/mol. The molecule has 0 fully saturated rings. The van der Waals surface area contributed by atoms with Crippen molar-refractivity contribution in [2.24, 2.45) is 0 Å². The summed E-state index contributed by atoms with van der Waals surface area (Å²) in [4.78, 5) is 47.0. The van der Waals surface area contributed by atoms with E-state index in [0.717, 1.165) is 0 Å². The van der Waals surface area contributed by atoms with E-state index in [0.29, 0.717) is 10.0 Å². The van der Waals surface area contributed by atoms with Crippen LogP contribution in [0.25, 0.3) is 0 Å². The highest BCUT2D eigenvalue weighted by molar-refractivity contribution is 9.10. The van der Waals surface area contributed by atoms with Crippen molar-refractivity contribution < 1.29 is 29.2 Å². The van der Waals surface area contributed by atoms with Gasteiger partial charge in [0.25, 0.3) is 11.6 Å². The van der Waals surface area contributed by atoms with Gasteiger partial charge in [0.05, 0.1) is 18.0 Å². The number of esters is 1. The molecule has 0 unspecified atom stereocenters. The van der Waals surface area contributed by atoms with E-state index in [-0.39, 0.29) is 24.3 Å². The largest absolute Gasteiger partial charge is 0.480 e. The van der Waals surface area contributed by atoms with E-state index < -0.39 is 34.7 Å². The Bertz CT molecular complexity index is 946. The zero-order chi connectivity index (χ0) is 22.3. The molecule has 0 aliphatic heterocycles. The third-order valence-electron chi connectivity index (χ3n) is 4.27. The molecule has 0 aliphatic carbocycles. The van der Waals surface area contributed by atoms with Crippen LogP contribution >= 0.6 is 15.9 Å². The molecule has 0 radical (unpaired) electrons. The second-order valence-corrected chi connectivity index (χ2v) is 7.18. The number of ether oxygens (including phenoxy) is 1. The summed E-state index contributed by atoms with van der Waals surface area (Å²) >= 11 is 3.25. The molecule has 30 heavy (non-hydrogen) atoms. The van der Waals surface area contributed by atoms with Crippen molar-refractivity contribution in [3.05, 3.63) is 74.2 Å². The highest BCUT2D eigenvalue weighted by Crippen LogP contribution is 2.27. The molecule has 0 heterocycles. The first kappa shape index (κ1) is 23.0. The van der Waals surface area contributed by atoms with Gasteiger partial charge < -0.3 is 15.2 Å². The van der Waals surface area contributed by atoms with Gasteiger partial charge in [-0.25, -0.2) is 4.79 Å². The van der Waals surface area contributed by atoms with Crippen molar-refractivity contribution >= 4 is 39.5 Å². The van der Waals surface area contributed by atoms with Crippen molar-refractivity contribution in [2.45, 2.75) is 25.3 Å². The minimum atomic E-state index is -1.47. The molecule has 0 spiro atoms. The number of nitro groups is 1. The fourth-order valence-electron chi connectivity index (χ4n) is 2.86. The van der Waals surface area contributed by atoms with Crippen LogP contribution in [-0.4, -0.2) is 40.5 Å². The van der Waals surface area contributed by atoms with Gasteiger partial charge in [-0.05, 0) is 30.7 Å². The van der Waals surface area contributed by atoms with Gasteiger partial charge in [-0.1, -0.05) is 34.1 Å². The van der Waals surface area contributed by atoms with E-state index in [1.807, 2.05) is 0 Å². The minimum Gasteiger partial charge on any atom is -0.480 e. The lowest BCUT2D eigenvalue weighted by Gasteiger charge is -2.25. The molecule has 2 N–H and O–H groups in total. The second kappa shape index (κ2) is 10.5. The highest BCUT2D eigenvalue weighted by Gasteiger charge is 2.33. The lowest BCUT2D eigenvalue weighted by molar-refractivity contribution is -0.384.